The Kier molecular flexibility index (Phi) is 6.77. The SMILES string of the molecule is CC(NC(=O)CCCCC(=O)O)C(C)c1ccccc1. The molecule has 0 fully saturated rings. The van der Waals surface area contributed by atoms with Gasteiger partial charge in [-0.1, -0.05) is 37.3 Å². The number of nitrogens with one attached hydrogen (secondary N) is 1. The quantitative estimate of drug-likeness (QED) is 0.718. The highest BCUT2D eigenvalue weighted by Gasteiger charge is 2.16. The highest BCUT2D eigenvalue weighted by molar-refractivity contribution is 5.76. The Morgan fingerprint density at radius 3 is 2.30 bits per heavy atom. The Morgan fingerprint density at radius 2 is 1.70 bits per heavy atom. The average Bonchev–Trinajstić information content (AvgIpc) is 2.43. The van der Waals surface area contributed by atoms with Crippen molar-refractivity contribution in [2.45, 2.75) is 51.5 Å². The van der Waals surface area contributed by atoms with Gasteiger partial charge in [0.05, 0.1) is 0 Å². The maximum Gasteiger partial charge on any atom is 0.303 e. The van der Waals surface area contributed by atoms with Crippen LogP contribution in [0.15, 0.2) is 30.3 Å². The highest BCUT2D eigenvalue weighted by atomic mass is 16.4. The van der Waals surface area contributed by atoms with Crippen molar-refractivity contribution in [2.24, 2.45) is 0 Å². The molecule has 0 bridgehead atoms. The molecule has 4 heteroatoms. The largest absolute Gasteiger partial charge is 0.481 e. The van der Waals surface area contributed by atoms with Gasteiger partial charge in [0, 0.05) is 24.8 Å². The standard InChI is InChI=1S/C16H23NO3/c1-12(14-8-4-3-5-9-14)13(2)17-15(18)10-6-7-11-16(19)20/h3-5,8-9,12-13H,6-7,10-11H2,1-2H3,(H,17,18)(H,19,20). The first kappa shape index (κ1) is 16.2. The lowest BCUT2D eigenvalue weighted by Gasteiger charge is -2.21. The first-order valence-corrected chi connectivity index (χ1v) is 7.07. The van der Waals surface area contributed by atoms with Crippen LogP contribution >= 0.6 is 0 Å². The van der Waals surface area contributed by atoms with E-state index in [0.717, 1.165) is 0 Å². The second kappa shape index (κ2) is 8.35. The summed E-state index contributed by atoms with van der Waals surface area (Å²) in [5.41, 5.74) is 1.20. The van der Waals surface area contributed by atoms with E-state index in [2.05, 4.69) is 24.4 Å². The van der Waals surface area contributed by atoms with Crippen LogP contribution in [0.2, 0.25) is 0 Å². The van der Waals surface area contributed by atoms with Gasteiger partial charge in [0.15, 0.2) is 0 Å². The maximum absolute atomic E-state index is 11.8. The third-order valence-corrected chi connectivity index (χ3v) is 3.51. The van der Waals surface area contributed by atoms with Crippen LogP contribution in [-0.2, 0) is 9.59 Å². The van der Waals surface area contributed by atoms with Crippen molar-refractivity contribution in [3.63, 3.8) is 0 Å². The molecule has 0 aliphatic carbocycles. The van der Waals surface area contributed by atoms with E-state index in [4.69, 9.17) is 5.11 Å². The van der Waals surface area contributed by atoms with Gasteiger partial charge in [-0.05, 0) is 25.3 Å². The lowest BCUT2D eigenvalue weighted by molar-refractivity contribution is -0.137. The minimum absolute atomic E-state index is 0.00864. The summed E-state index contributed by atoms with van der Waals surface area (Å²) in [6, 6.07) is 10.1. The van der Waals surface area contributed by atoms with E-state index in [1.807, 2.05) is 25.1 Å². The molecule has 0 saturated carbocycles. The second-order valence-corrected chi connectivity index (χ2v) is 5.16. The summed E-state index contributed by atoms with van der Waals surface area (Å²) in [4.78, 5) is 22.1. The zero-order chi connectivity index (χ0) is 15.0. The number of rotatable bonds is 8. The predicted octanol–water partition coefficient (Wildman–Crippen LogP) is 2.94. The van der Waals surface area contributed by atoms with Gasteiger partial charge in [0.2, 0.25) is 5.91 Å². The Bertz CT molecular complexity index is 431. The van der Waals surface area contributed by atoms with E-state index in [1.165, 1.54) is 5.56 Å². The molecular formula is C16H23NO3. The molecule has 0 aliphatic heterocycles. The molecule has 0 saturated heterocycles. The molecule has 110 valence electrons. The zero-order valence-corrected chi connectivity index (χ0v) is 12.1. The van der Waals surface area contributed by atoms with E-state index < -0.39 is 5.97 Å². The van der Waals surface area contributed by atoms with Crippen molar-refractivity contribution < 1.29 is 14.7 Å². The van der Waals surface area contributed by atoms with Crippen LogP contribution < -0.4 is 5.32 Å². The molecule has 1 aromatic rings. The summed E-state index contributed by atoms with van der Waals surface area (Å²) in [6.07, 6.45) is 1.68. The number of hydrogen-bond acceptors (Lipinski definition) is 2. The zero-order valence-electron chi connectivity index (χ0n) is 12.1. The molecule has 0 heterocycles. The normalized spacial score (nSPS) is 13.5. The number of unbranched alkanes of at least 4 members (excludes halogenated alkanes) is 1. The number of carboxylic acid groups (broad SMARTS) is 1. The van der Waals surface area contributed by atoms with Crippen molar-refractivity contribution in [1.29, 1.82) is 0 Å². The van der Waals surface area contributed by atoms with Gasteiger partial charge in [-0.15, -0.1) is 0 Å². The lowest BCUT2D eigenvalue weighted by Crippen LogP contribution is -2.36. The van der Waals surface area contributed by atoms with Crippen molar-refractivity contribution in [3.8, 4) is 0 Å². The molecule has 4 nitrogen and oxygen atoms in total. The molecule has 0 spiro atoms. The molecule has 2 atom stereocenters. The monoisotopic (exact) mass is 277 g/mol. The van der Waals surface area contributed by atoms with Crippen LogP contribution in [0.1, 0.15) is 51.0 Å². The van der Waals surface area contributed by atoms with Gasteiger partial charge in [-0.3, -0.25) is 9.59 Å². The Balaban J connectivity index is 2.32. The number of carbonyl (C=O) groups excluding carboxylic acids is 1. The number of aliphatic carboxylic acids is 1. The lowest BCUT2D eigenvalue weighted by atomic mass is 9.94. The van der Waals surface area contributed by atoms with Crippen LogP contribution in [0.3, 0.4) is 0 Å². The molecule has 0 radical (unpaired) electrons. The van der Waals surface area contributed by atoms with Gasteiger partial charge in [-0.2, -0.15) is 0 Å². The molecule has 1 rings (SSSR count). The molecule has 0 aromatic heterocycles. The smallest absolute Gasteiger partial charge is 0.303 e. The molecule has 0 aliphatic rings. The fourth-order valence-electron chi connectivity index (χ4n) is 2.06. The number of hydrogen-bond donors (Lipinski definition) is 2. The Labute approximate surface area is 120 Å². The molecule has 1 amide bonds. The first-order chi connectivity index (χ1) is 9.50. The van der Waals surface area contributed by atoms with Crippen LogP contribution in [0.5, 0.6) is 0 Å². The van der Waals surface area contributed by atoms with Gasteiger partial charge in [0.1, 0.15) is 0 Å². The first-order valence-electron chi connectivity index (χ1n) is 7.07. The molecule has 2 unspecified atom stereocenters. The topological polar surface area (TPSA) is 66.4 Å². The minimum atomic E-state index is -0.809. The van der Waals surface area contributed by atoms with Crippen LogP contribution in [0, 0.1) is 0 Å². The van der Waals surface area contributed by atoms with Crippen LogP contribution in [-0.4, -0.2) is 23.0 Å². The Morgan fingerprint density at radius 1 is 1.10 bits per heavy atom. The molecule has 20 heavy (non-hydrogen) atoms. The van der Waals surface area contributed by atoms with Gasteiger partial charge in [0.25, 0.3) is 0 Å². The third kappa shape index (κ3) is 5.87. The Hall–Kier alpha value is -1.84. The summed E-state index contributed by atoms with van der Waals surface area (Å²) in [5.74, 6) is -0.568. The van der Waals surface area contributed by atoms with Crippen LogP contribution in [0.4, 0.5) is 0 Å². The maximum atomic E-state index is 11.8. The van der Waals surface area contributed by atoms with E-state index in [-0.39, 0.29) is 24.3 Å². The molecule has 1 aromatic carbocycles. The number of benzene rings is 1. The van der Waals surface area contributed by atoms with Crippen LogP contribution in [0.25, 0.3) is 0 Å². The minimum Gasteiger partial charge on any atom is -0.481 e. The van der Waals surface area contributed by atoms with E-state index >= 15 is 0 Å². The summed E-state index contributed by atoms with van der Waals surface area (Å²) >= 11 is 0. The van der Waals surface area contributed by atoms with E-state index in [0.29, 0.717) is 19.3 Å². The van der Waals surface area contributed by atoms with Gasteiger partial charge in [-0.25, -0.2) is 0 Å². The molecule has 2 N–H and O–H groups in total. The fraction of sp³-hybridized carbons (Fsp3) is 0.500. The summed E-state index contributed by atoms with van der Waals surface area (Å²) in [6.45, 7) is 4.08. The number of amides is 1. The summed E-state index contributed by atoms with van der Waals surface area (Å²) in [7, 11) is 0. The predicted molar refractivity (Wildman–Crippen MR) is 78.6 cm³/mol. The summed E-state index contributed by atoms with van der Waals surface area (Å²) in [5, 5.41) is 11.5. The van der Waals surface area contributed by atoms with E-state index in [9.17, 15) is 9.59 Å². The second-order valence-electron chi connectivity index (χ2n) is 5.16. The highest BCUT2D eigenvalue weighted by Crippen LogP contribution is 2.18. The molecular weight excluding hydrogens is 254 g/mol. The van der Waals surface area contributed by atoms with Gasteiger partial charge < -0.3 is 10.4 Å². The van der Waals surface area contributed by atoms with Crippen molar-refractivity contribution >= 4 is 11.9 Å². The number of carboxylic acids is 1. The summed E-state index contributed by atoms with van der Waals surface area (Å²) < 4.78 is 0. The van der Waals surface area contributed by atoms with Crippen molar-refractivity contribution in [3.05, 3.63) is 35.9 Å². The number of carbonyl (C=O) groups is 2. The van der Waals surface area contributed by atoms with Crippen molar-refractivity contribution in [1.82, 2.24) is 5.32 Å². The third-order valence-electron chi connectivity index (χ3n) is 3.51. The van der Waals surface area contributed by atoms with Gasteiger partial charge >= 0.3 is 5.97 Å². The van der Waals surface area contributed by atoms with E-state index in [1.54, 1.807) is 0 Å². The average molecular weight is 277 g/mol. The van der Waals surface area contributed by atoms with Crippen molar-refractivity contribution in [2.75, 3.05) is 0 Å². The fourth-order valence-corrected chi connectivity index (χ4v) is 2.06.